The van der Waals surface area contributed by atoms with E-state index in [1.54, 1.807) is 4.90 Å². The Hall–Kier alpha value is -0.330. The van der Waals surface area contributed by atoms with Crippen LogP contribution in [-0.4, -0.2) is 55.4 Å². The Labute approximate surface area is 133 Å². The Morgan fingerprint density at radius 2 is 1.86 bits per heavy atom. The van der Waals surface area contributed by atoms with Crippen LogP contribution in [0.5, 0.6) is 0 Å². The van der Waals surface area contributed by atoms with Crippen LogP contribution in [0.15, 0.2) is 0 Å². The largest absolute Gasteiger partial charge is 0.338 e. The highest BCUT2D eigenvalue weighted by Crippen LogP contribution is 2.33. The third kappa shape index (κ3) is 3.90. The molecule has 0 aromatic carbocycles. The molecule has 0 aliphatic carbocycles. The van der Waals surface area contributed by atoms with E-state index in [2.05, 4.69) is 5.32 Å². The number of carbonyl (C=O) groups excluding carboxylic acids is 1. The van der Waals surface area contributed by atoms with Gasteiger partial charge in [0, 0.05) is 31.1 Å². The van der Waals surface area contributed by atoms with Crippen LogP contribution < -0.4 is 5.32 Å². The molecular weight excluding hydrogens is 312 g/mol. The van der Waals surface area contributed by atoms with Crippen molar-refractivity contribution >= 4 is 28.2 Å². The van der Waals surface area contributed by atoms with Gasteiger partial charge in [-0.15, -0.1) is 12.4 Å². The van der Waals surface area contributed by atoms with E-state index in [9.17, 15) is 13.2 Å². The molecule has 0 saturated carbocycles. The van der Waals surface area contributed by atoms with Gasteiger partial charge in [0.05, 0.1) is 11.5 Å². The van der Waals surface area contributed by atoms with Crippen LogP contribution in [0.25, 0.3) is 0 Å². The van der Waals surface area contributed by atoms with E-state index in [1.165, 1.54) is 12.8 Å². The molecule has 3 saturated heterocycles. The quantitative estimate of drug-likeness (QED) is 0.816. The first-order chi connectivity index (χ1) is 9.43. The summed E-state index contributed by atoms with van der Waals surface area (Å²) in [6.07, 6.45) is 5.28. The van der Waals surface area contributed by atoms with Crippen molar-refractivity contribution in [3.63, 3.8) is 0 Å². The fraction of sp³-hybridized carbons (Fsp3) is 0.929. The number of halogens is 1. The Morgan fingerprint density at radius 1 is 1.24 bits per heavy atom. The highest BCUT2D eigenvalue weighted by Gasteiger charge is 2.36. The molecule has 0 aromatic heterocycles. The molecule has 122 valence electrons. The summed E-state index contributed by atoms with van der Waals surface area (Å²) in [5.41, 5.74) is 0. The van der Waals surface area contributed by atoms with Gasteiger partial charge >= 0.3 is 0 Å². The molecule has 3 fully saturated rings. The lowest BCUT2D eigenvalue weighted by Crippen LogP contribution is -2.50. The number of amides is 1. The first kappa shape index (κ1) is 17.0. The van der Waals surface area contributed by atoms with Crippen molar-refractivity contribution in [1.82, 2.24) is 10.2 Å². The smallest absolute Gasteiger partial charge is 0.223 e. The van der Waals surface area contributed by atoms with Gasteiger partial charge in [0.25, 0.3) is 0 Å². The van der Waals surface area contributed by atoms with Gasteiger partial charge in [-0.25, -0.2) is 8.42 Å². The van der Waals surface area contributed by atoms with Crippen LogP contribution in [-0.2, 0) is 14.6 Å². The van der Waals surface area contributed by atoms with Crippen LogP contribution in [0.4, 0.5) is 0 Å². The van der Waals surface area contributed by atoms with Gasteiger partial charge in [-0.2, -0.15) is 0 Å². The maximum Gasteiger partial charge on any atom is 0.223 e. The molecule has 0 spiro atoms. The van der Waals surface area contributed by atoms with Gasteiger partial charge in [-0.3, -0.25) is 4.79 Å². The minimum atomic E-state index is -2.94. The lowest BCUT2D eigenvalue weighted by molar-refractivity contribution is -0.134. The van der Waals surface area contributed by atoms with Gasteiger partial charge in [0.2, 0.25) is 5.91 Å². The van der Waals surface area contributed by atoms with Crippen LogP contribution in [0.2, 0.25) is 0 Å². The number of carbonyl (C=O) groups is 1. The minimum absolute atomic E-state index is 0. The second-order valence-electron chi connectivity index (χ2n) is 6.73. The Balaban J connectivity index is 0.00000161. The summed E-state index contributed by atoms with van der Waals surface area (Å²) >= 11 is 0. The molecule has 3 atom stereocenters. The number of hydrogen-bond donors (Lipinski definition) is 1. The van der Waals surface area contributed by atoms with E-state index in [-0.39, 0.29) is 35.9 Å². The molecule has 3 aliphatic heterocycles. The molecule has 3 unspecified atom stereocenters. The number of nitrogens with one attached hydrogen (secondary N) is 1. The maximum absolute atomic E-state index is 12.4. The highest BCUT2D eigenvalue weighted by atomic mass is 35.5. The summed E-state index contributed by atoms with van der Waals surface area (Å²) in [5.74, 6) is 0.877. The number of nitrogens with zero attached hydrogens (tertiary/aromatic N) is 1. The Kier molecular flexibility index (Phi) is 5.21. The van der Waals surface area contributed by atoms with Gasteiger partial charge in [0.15, 0.2) is 9.84 Å². The SMILES string of the molecule is CC1CS(=O)(=O)CCN1C(=O)CC1CC2CCC(C1)N2.Cl. The van der Waals surface area contributed by atoms with Crippen molar-refractivity contribution in [2.75, 3.05) is 18.1 Å². The number of sulfone groups is 1. The summed E-state index contributed by atoms with van der Waals surface area (Å²) in [5, 5.41) is 3.59. The van der Waals surface area contributed by atoms with E-state index >= 15 is 0 Å². The zero-order valence-corrected chi connectivity index (χ0v) is 14.1. The molecule has 3 heterocycles. The zero-order valence-electron chi connectivity index (χ0n) is 12.5. The topological polar surface area (TPSA) is 66.5 Å². The molecule has 2 bridgehead atoms. The third-order valence-electron chi connectivity index (χ3n) is 5.02. The van der Waals surface area contributed by atoms with Crippen LogP contribution in [0.3, 0.4) is 0 Å². The molecular formula is C14H25ClN2O3S. The molecule has 5 nitrogen and oxygen atoms in total. The number of rotatable bonds is 2. The molecule has 0 aromatic rings. The van der Waals surface area contributed by atoms with Gasteiger partial charge in [0.1, 0.15) is 0 Å². The lowest BCUT2D eigenvalue weighted by Gasteiger charge is -2.35. The molecule has 7 heteroatoms. The predicted octanol–water partition coefficient (Wildman–Crippen LogP) is 0.974. The number of fused-ring (bicyclic) bond motifs is 2. The fourth-order valence-corrected chi connectivity index (χ4v) is 5.63. The van der Waals surface area contributed by atoms with E-state index in [0.29, 0.717) is 31.0 Å². The summed E-state index contributed by atoms with van der Waals surface area (Å²) < 4.78 is 23.1. The maximum atomic E-state index is 12.4. The third-order valence-corrected chi connectivity index (χ3v) is 6.82. The first-order valence-corrected chi connectivity index (χ1v) is 9.51. The average molecular weight is 337 g/mol. The molecule has 21 heavy (non-hydrogen) atoms. The van der Waals surface area contributed by atoms with Crippen LogP contribution in [0.1, 0.15) is 39.0 Å². The fourth-order valence-electron chi connectivity index (χ4n) is 4.08. The molecule has 1 amide bonds. The average Bonchev–Trinajstić information content (AvgIpc) is 2.67. The predicted molar refractivity (Wildman–Crippen MR) is 84.4 cm³/mol. The second-order valence-corrected chi connectivity index (χ2v) is 8.96. The van der Waals surface area contributed by atoms with Gasteiger partial charge in [-0.05, 0) is 38.5 Å². The van der Waals surface area contributed by atoms with Crippen molar-refractivity contribution in [3.8, 4) is 0 Å². The van der Waals surface area contributed by atoms with Crippen LogP contribution >= 0.6 is 12.4 Å². The summed E-state index contributed by atoms with van der Waals surface area (Å²) in [6.45, 7) is 2.22. The van der Waals surface area contributed by atoms with Gasteiger partial charge in [-0.1, -0.05) is 0 Å². The van der Waals surface area contributed by atoms with E-state index < -0.39 is 9.84 Å². The molecule has 0 radical (unpaired) electrons. The van der Waals surface area contributed by atoms with Gasteiger partial charge < -0.3 is 10.2 Å². The summed E-state index contributed by atoms with van der Waals surface area (Å²) in [6, 6.07) is 1.04. The second kappa shape index (κ2) is 6.42. The summed E-state index contributed by atoms with van der Waals surface area (Å²) in [4.78, 5) is 14.2. The zero-order chi connectivity index (χ0) is 14.3. The van der Waals surface area contributed by atoms with E-state index in [0.717, 1.165) is 12.8 Å². The number of hydrogen-bond acceptors (Lipinski definition) is 4. The van der Waals surface area contributed by atoms with Crippen molar-refractivity contribution in [2.24, 2.45) is 5.92 Å². The standard InChI is InChI=1S/C14H24N2O3S.ClH/c1-10-9-20(18,19)5-4-16(10)14(17)8-11-6-12-2-3-13(7-11)15-12;/h10-13,15H,2-9H2,1H3;1H. The highest BCUT2D eigenvalue weighted by molar-refractivity contribution is 7.91. The van der Waals surface area contributed by atoms with Crippen molar-refractivity contribution < 1.29 is 13.2 Å². The Morgan fingerprint density at radius 3 is 2.43 bits per heavy atom. The van der Waals surface area contributed by atoms with Crippen molar-refractivity contribution in [1.29, 1.82) is 0 Å². The van der Waals surface area contributed by atoms with Crippen LogP contribution in [0, 0.1) is 5.92 Å². The molecule has 1 N–H and O–H groups in total. The van der Waals surface area contributed by atoms with E-state index in [4.69, 9.17) is 0 Å². The van der Waals surface area contributed by atoms with E-state index in [1.807, 2.05) is 6.92 Å². The molecule has 3 aliphatic rings. The normalized spacial score (nSPS) is 37.9. The van der Waals surface area contributed by atoms with Crippen molar-refractivity contribution in [2.45, 2.75) is 57.2 Å². The monoisotopic (exact) mass is 336 g/mol. The molecule has 3 rings (SSSR count). The first-order valence-electron chi connectivity index (χ1n) is 7.69. The van der Waals surface area contributed by atoms with Crippen molar-refractivity contribution in [3.05, 3.63) is 0 Å². The number of piperidine rings is 1. The lowest BCUT2D eigenvalue weighted by atomic mass is 9.89. The minimum Gasteiger partial charge on any atom is -0.338 e. The Bertz CT molecular complexity index is 484. The summed E-state index contributed by atoms with van der Waals surface area (Å²) in [7, 11) is -2.94.